The van der Waals surface area contributed by atoms with Crippen LogP contribution in [-0.2, 0) is 11.2 Å². The van der Waals surface area contributed by atoms with E-state index in [1.54, 1.807) is 24.0 Å². The van der Waals surface area contributed by atoms with Gasteiger partial charge in [-0.25, -0.2) is 0 Å². The van der Waals surface area contributed by atoms with Gasteiger partial charge in [-0.15, -0.1) is 0 Å². The van der Waals surface area contributed by atoms with Crippen molar-refractivity contribution in [1.29, 1.82) is 0 Å². The van der Waals surface area contributed by atoms with Crippen LogP contribution in [-0.4, -0.2) is 17.6 Å². The Balaban J connectivity index is 2.49. The summed E-state index contributed by atoms with van der Waals surface area (Å²) in [5.41, 5.74) is 1.76. The Kier molecular flexibility index (Phi) is 2.15. The van der Waals surface area contributed by atoms with Crippen LogP contribution in [0.1, 0.15) is 18.9 Å². The van der Waals surface area contributed by atoms with Crippen molar-refractivity contribution in [3.05, 3.63) is 23.8 Å². The molecule has 1 amide bonds. The number of amides is 1. The van der Waals surface area contributed by atoms with Crippen molar-refractivity contribution in [3.8, 4) is 5.75 Å². The number of benzene rings is 1. The minimum atomic E-state index is 0.0385. The summed E-state index contributed by atoms with van der Waals surface area (Å²) in [6.07, 6.45) is 1.77. The third-order valence-electron chi connectivity index (χ3n) is 2.61. The minimum absolute atomic E-state index is 0.0385. The van der Waals surface area contributed by atoms with E-state index in [1.807, 2.05) is 6.07 Å². The number of hydrogen-bond donors (Lipinski definition) is 1. The van der Waals surface area contributed by atoms with E-state index in [0.29, 0.717) is 5.75 Å². The number of hydrogen-bond acceptors (Lipinski definition) is 2. The number of nitrogens with zero attached hydrogens (tertiary/aromatic N) is 1. The highest BCUT2D eigenvalue weighted by Gasteiger charge is 2.21. The second-order valence-electron chi connectivity index (χ2n) is 3.55. The molecule has 74 valence electrons. The second kappa shape index (κ2) is 3.33. The van der Waals surface area contributed by atoms with Crippen molar-refractivity contribution in [2.45, 2.75) is 19.8 Å². The largest absolute Gasteiger partial charge is 0.508 e. The summed E-state index contributed by atoms with van der Waals surface area (Å²) >= 11 is 0. The highest BCUT2D eigenvalue weighted by molar-refractivity contribution is 5.93. The minimum Gasteiger partial charge on any atom is -0.508 e. The van der Waals surface area contributed by atoms with Gasteiger partial charge in [-0.1, -0.05) is 6.07 Å². The molecule has 1 N–H and O–H groups in total. The number of carbonyl (C=O) groups excluding carboxylic acids is 1. The Labute approximate surface area is 83.0 Å². The van der Waals surface area contributed by atoms with Gasteiger partial charge in [0.25, 0.3) is 0 Å². The first-order valence-electron chi connectivity index (χ1n) is 4.79. The average molecular weight is 191 g/mol. The summed E-state index contributed by atoms with van der Waals surface area (Å²) in [6.45, 7) is 2.31. The molecule has 3 heteroatoms. The molecule has 1 aromatic rings. The molecule has 2 rings (SSSR count). The number of phenols is 1. The van der Waals surface area contributed by atoms with Gasteiger partial charge in [0.2, 0.25) is 5.91 Å². The molecule has 0 bridgehead atoms. The number of anilines is 1. The predicted octanol–water partition coefficient (Wildman–Crippen LogP) is 1.69. The zero-order valence-electron chi connectivity index (χ0n) is 8.16. The van der Waals surface area contributed by atoms with E-state index in [9.17, 15) is 9.90 Å². The maximum atomic E-state index is 11.3. The normalized spacial score (nSPS) is 15.1. The fourth-order valence-corrected chi connectivity index (χ4v) is 1.93. The van der Waals surface area contributed by atoms with E-state index >= 15 is 0 Å². The molecule has 1 aromatic carbocycles. The Morgan fingerprint density at radius 1 is 1.50 bits per heavy atom. The molecule has 0 saturated carbocycles. The maximum Gasteiger partial charge on any atom is 0.223 e. The van der Waals surface area contributed by atoms with Crippen molar-refractivity contribution in [2.75, 3.05) is 11.4 Å². The van der Waals surface area contributed by atoms with Gasteiger partial charge >= 0.3 is 0 Å². The van der Waals surface area contributed by atoms with Gasteiger partial charge in [0.05, 0.1) is 5.69 Å². The van der Waals surface area contributed by atoms with E-state index < -0.39 is 0 Å². The Morgan fingerprint density at radius 2 is 2.29 bits per heavy atom. The van der Waals surface area contributed by atoms with Crippen LogP contribution in [0.4, 0.5) is 5.69 Å². The lowest BCUT2D eigenvalue weighted by Gasteiger charge is -2.28. The molecule has 0 aromatic heterocycles. The molecule has 0 atom stereocenters. The Morgan fingerprint density at radius 3 is 3.00 bits per heavy atom. The van der Waals surface area contributed by atoms with Crippen molar-refractivity contribution >= 4 is 11.6 Å². The fourth-order valence-electron chi connectivity index (χ4n) is 1.93. The quantitative estimate of drug-likeness (QED) is 0.678. The first kappa shape index (κ1) is 9.06. The third-order valence-corrected chi connectivity index (χ3v) is 2.61. The molecule has 1 heterocycles. The van der Waals surface area contributed by atoms with Crippen LogP contribution >= 0.6 is 0 Å². The number of phenolic OH excluding ortho intramolecular Hbond substituents is 1. The van der Waals surface area contributed by atoms with Crippen LogP contribution in [0.5, 0.6) is 5.75 Å². The molecular weight excluding hydrogens is 178 g/mol. The molecule has 0 fully saturated rings. The summed E-state index contributed by atoms with van der Waals surface area (Å²) in [4.78, 5) is 13.0. The SMILES string of the molecule is CC(=O)N1CCCc2c(O)cccc21. The number of aromatic hydroxyl groups is 1. The summed E-state index contributed by atoms with van der Waals surface area (Å²) in [6, 6.07) is 5.33. The van der Waals surface area contributed by atoms with Gasteiger partial charge in [0.15, 0.2) is 0 Å². The summed E-state index contributed by atoms with van der Waals surface area (Å²) in [5, 5.41) is 9.62. The van der Waals surface area contributed by atoms with Crippen LogP contribution in [0.2, 0.25) is 0 Å². The van der Waals surface area contributed by atoms with Crippen LogP contribution in [0.25, 0.3) is 0 Å². The lowest BCUT2D eigenvalue weighted by atomic mass is 10.0. The predicted molar refractivity (Wildman–Crippen MR) is 54.5 cm³/mol. The van der Waals surface area contributed by atoms with E-state index in [1.165, 1.54) is 0 Å². The highest BCUT2D eigenvalue weighted by Crippen LogP contribution is 2.33. The third kappa shape index (κ3) is 1.35. The first-order valence-corrected chi connectivity index (χ1v) is 4.79. The lowest BCUT2D eigenvalue weighted by molar-refractivity contribution is -0.116. The second-order valence-corrected chi connectivity index (χ2v) is 3.55. The number of fused-ring (bicyclic) bond motifs is 1. The average Bonchev–Trinajstić information content (AvgIpc) is 2.17. The topological polar surface area (TPSA) is 40.5 Å². The van der Waals surface area contributed by atoms with Crippen LogP contribution < -0.4 is 4.90 Å². The molecule has 0 aliphatic carbocycles. The number of rotatable bonds is 0. The Hall–Kier alpha value is -1.51. The summed E-state index contributed by atoms with van der Waals surface area (Å²) in [7, 11) is 0. The van der Waals surface area contributed by atoms with Gasteiger partial charge in [-0.05, 0) is 25.0 Å². The van der Waals surface area contributed by atoms with Crippen molar-refractivity contribution in [2.24, 2.45) is 0 Å². The molecule has 0 radical (unpaired) electrons. The maximum absolute atomic E-state index is 11.3. The van der Waals surface area contributed by atoms with E-state index in [-0.39, 0.29) is 5.91 Å². The smallest absolute Gasteiger partial charge is 0.223 e. The molecular formula is C11H13NO2. The zero-order chi connectivity index (χ0) is 10.1. The van der Waals surface area contributed by atoms with Crippen LogP contribution in [0.3, 0.4) is 0 Å². The first-order chi connectivity index (χ1) is 6.70. The van der Waals surface area contributed by atoms with E-state index in [0.717, 1.165) is 30.6 Å². The zero-order valence-corrected chi connectivity index (χ0v) is 8.16. The highest BCUT2D eigenvalue weighted by atomic mass is 16.3. The molecule has 14 heavy (non-hydrogen) atoms. The molecule has 3 nitrogen and oxygen atoms in total. The monoisotopic (exact) mass is 191 g/mol. The van der Waals surface area contributed by atoms with Gasteiger partial charge in [-0.3, -0.25) is 4.79 Å². The molecule has 0 spiro atoms. The molecule has 0 unspecified atom stereocenters. The van der Waals surface area contributed by atoms with Crippen molar-refractivity contribution in [1.82, 2.24) is 0 Å². The van der Waals surface area contributed by atoms with E-state index in [2.05, 4.69) is 0 Å². The standard InChI is InChI=1S/C11H13NO2/c1-8(13)12-7-3-4-9-10(12)5-2-6-11(9)14/h2,5-6,14H,3-4,7H2,1H3. The fraction of sp³-hybridized carbons (Fsp3) is 0.364. The van der Waals surface area contributed by atoms with Gasteiger partial charge in [0, 0.05) is 19.0 Å². The summed E-state index contributed by atoms with van der Waals surface area (Å²) < 4.78 is 0. The van der Waals surface area contributed by atoms with E-state index in [4.69, 9.17) is 0 Å². The lowest BCUT2D eigenvalue weighted by Crippen LogP contribution is -2.33. The summed E-state index contributed by atoms with van der Waals surface area (Å²) in [5.74, 6) is 0.338. The van der Waals surface area contributed by atoms with Crippen LogP contribution in [0.15, 0.2) is 18.2 Å². The Bertz CT molecular complexity index is 374. The van der Waals surface area contributed by atoms with Crippen LogP contribution in [0, 0.1) is 0 Å². The molecule has 1 aliphatic heterocycles. The molecule has 1 aliphatic rings. The van der Waals surface area contributed by atoms with Crippen molar-refractivity contribution < 1.29 is 9.90 Å². The number of carbonyl (C=O) groups is 1. The van der Waals surface area contributed by atoms with Gasteiger partial charge in [-0.2, -0.15) is 0 Å². The van der Waals surface area contributed by atoms with Crippen molar-refractivity contribution in [3.63, 3.8) is 0 Å². The van der Waals surface area contributed by atoms with Gasteiger partial charge < -0.3 is 10.0 Å². The van der Waals surface area contributed by atoms with Gasteiger partial charge in [0.1, 0.15) is 5.75 Å². The molecule has 0 saturated heterocycles.